The van der Waals surface area contributed by atoms with E-state index in [2.05, 4.69) is 9.97 Å². The fourth-order valence-corrected chi connectivity index (χ4v) is 1.90. The molecule has 2 aromatic rings. The first-order chi connectivity index (χ1) is 6.84. The first kappa shape index (κ1) is 8.18. The summed E-state index contributed by atoms with van der Waals surface area (Å²) in [4.78, 5) is 8.88. The molecule has 14 heavy (non-hydrogen) atoms. The molecule has 0 spiro atoms. The van der Waals surface area contributed by atoms with Crippen LogP contribution in [0.5, 0.6) is 0 Å². The van der Waals surface area contributed by atoms with Gasteiger partial charge in [-0.25, -0.2) is 9.97 Å². The van der Waals surface area contributed by atoms with Crippen molar-refractivity contribution in [3.8, 4) is 0 Å². The minimum absolute atomic E-state index is 0.555. The molecule has 70 valence electrons. The second-order valence-corrected chi connectivity index (χ2v) is 4.02. The molecule has 2 nitrogen and oxygen atoms in total. The van der Waals surface area contributed by atoms with E-state index in [-0.39, 0.29) is 0 Å². The summed E-state index contributed by atoms with van der Waals surface area (Å²) in [5.74, 6) is 0.555. The molecule has 1 fully saturated rings. The van der Waals surface area contributed by atoms with Crippen LogP contribution in [0.4, 0.5) is 0 Å². The molecule has 1 aliphatic carbocycles. The van der Waals surface area contributed by atoms with Crippen molar-refractivity contribution in [3.63, 3.8) is 0 Å². The molecule has 0 aliphatic heterocycles. The normalized spacial score (nSPS) is 16.1. The highest BCUT2D eigenvalue weighted by molar-refractivity contribution is 6.30. The smallest absolute Gasteiger partial charge is 0.151 e. The molecule has 0 saturated heterocycles. The summed E-state index contributed by atoms with van der Waals surface area (Å²) < 4.78 is 0. The van der Waals surface area contributed by atoms with E-state index in [0.29, 0.717) is 11.1 Å². The van der Waals surface area contributed by atoms with E-state index >= 15 is 0 Å². The van der Waals surface area contributed by atoms with Crippen molar-refractivity contribution >= 4 is 22.6 Å². The topological polar surface area (TPSA) is 25.8 Å². The lowest BCUT2D eigenvalue weighted by Gasteiger charge is -2.02. The summed E-state index contributed by atoms with van der Waals surface area (Å²) in [6.45, 7) is 0. The lowest BCUT2D eigenvalue weighted by atomic mass is 10.2. The van der Waals surface area contributed by atoms with Crippen molar-refractivity contribution in [1.82, 2.24) is 9.97 Å². The fraction of sp³-hybridized carbons (Fsp3) is 0.273. The largest absolute Gasteiger partial charge is 0.248 e. The van der Waals surface area contributed by atoms with Crippen LogP contribution in [0.15, 0.2) is 24.3 Å². The van der Waals surface area contributed by atoms with E-state index in [4.69, 9.17) is 11.6 Å². The Labute approximate surface area is 86.9 Å². The fourth-order valence-electron chi connectivity index (χ4n) is 1.61. The molecule has 1 saturated carbocycles. The van der Waals surface area contributed by atoms with Gasteiger partial charge in [0.15, 0.2) is 5.15 Å². The van der Waals surface area contributed by atoms with Gasteiger partial charge in [0, 0.05) is 5.92 Å². The van der Waals surface area contributed by atoms with Gasteiger partial charge in [0.05, 0.1) is 16.7 Å². The highest BCUT2D eigenvalue weighted by atomic mass is 35.5. The van der Waals surface area contributed by atoms with Crippen LogP contribution in [0, 0.1) is 0 Å². The number of para-hydroxylation sites is 2. The number of fused-ring (bicyclic) bond motifs is 1. The van der Waals surface area contributed by atoms with Gasteiger partial charge in [-0.2, -0.15) is 0 Å². The molecule has 0 bridgehead atoms. The Morgan fingerprint density at radius 2 is 1.71 bits per heavy atom. The molecule has 1 heterocycles. The summed E-state index contributed by atoms with van der Waals surface area (Å²) in [5.41, 5.74) is 2.80. The lowest BCUT2D eigenvalue weighted by Crippen LogP contribution is -1.92. The standard InChI is InChI=1S/C11H9ClN2/c12-11-10(7-5-6-7)13-8-3-1-2-4-9(8)14-11/h1-4,7H,5-6H2. The van der Waals surface area contributed by atoms with Crippen LogP contribution in [0.25, 0.3) is 11.0 Å². The molecule has 1 aromatic heterocycles. The van der Waals surface area contributed by atoms with Crippen molar-refractivity contribution in [2.45, 2.75) is 18.8 Å². The Bertz CT molecular complexity index is 492. The van der Waals surface area contributed by atoms with Crippen LogP contribution in [0.3, 0.4) is 0 Å². The third kappa shape index (κ3) is 1.26. The van der Waals surface area contributed by atoms with Gasteiger partial charge in [0.25, 0.3) is 0 Å². The molecule has 0 amide bonds. The van der Waals surface area contributed by atoms with Crippen LogP contribution >= 0.6 is 11.6 Å². The molecule has 0 atom stereocenters. The minimum Gasteiger partial charge on any atom is -0.248 e. The van der Waals surface area contributed by atoms with E-state index in [1.807, 2.05) is 24.3 Å². The predicted octanol–water partition coefficient (Wildman–Crippen LogP) is 3.16. The molecular weight excluding hydrogens is 196 g/mol. The first-order valence-electron chi connectivity index (χ1n) is 4.77. The van der Waals surface area contributed by atoms with Crippen molar-refractivity contribution in [2.75, 3.05) is 0 Å². The molecular formula is C11H9ClN2. The monoisotopic (exact) mass is 204 g/mol. The van der Waals surface area contributed by atoms with Gasteiger partial charge in [0.2, 0.25) is 0 Å². The number of hydrogen-bond donors (Lipinski definition) is 0. The lowest BCUT2D eigenvalue weighted by molar-refractivity contribution is 1.02. The predicted molar refractivity (Wildman–Crippen MR) is 56.5 cm³/mol. The zero-order chi connectivity index (χ0) is 9.54. The Hall–Kier alpha value is -1.15. The Morgan fingerprint density at radius 1 is 1.07 bits per heavy atom. The van der Waals surface area contributed by atoms with Gasteiger partial charge in [-0.3, -0.25) is 0 Å². The first-order valence-corrected chi connectivity index (χ1v) is 5.14. The van der Waals surface area contributed by atoms with Crippen molar-refractivity contribution in [1.29, 1.82) is 0 Å². The van der Waals surface area contributed by atoms with Crippen molar-refractivity contribution in [3.05, 3.63) is 35.1 Å². The molecule has 0 N–H and O–H groups in total. The molecule has 0 radical (unpaired) electrons. The Balaban J connectivity index is 2.26. The summed E-state index contributed by atoms with van der Waals surface area (Å²) in [6, 6.07) is 7.83. The Kier molecular flexibility index (Phi) is 1.71. The van der Waals surface area contributed by atoms with Crippen molar-refractivity contribution < 1.29 is 0 Å². The third-order valence-corrected chi connectivity index (χ3v) is 2.79. The number of rotatable bonds is 1. The second kappa shape index (κ2) is 2.92. The minimum atomic E-state index is 0.555. The van der Waals surface area contributed by atoms with Crippen LogP contribution in [-0.2, 0) is 0 Å². The maximum atomic E-state index is 6.06. The van der Waals surface area contributed by atoms with Gasteiger partial charge in [-0.15, -0.1) is 0 Å². The van der Waals surface area contributed by atoms with Gasteiger partial charge in [0.1, 0.15) is 0 Å². The number of aromatic nitrogens is 2. The SMILES string of the molecule is Clc1nc2ccccc2nc1C1CC1. The van der Waals surface area contributed by atoms with E-state index in [9.17, 15) is 0 Å². The second-order valence-electron chi connectivity index (χ2n) is 3.66. The maximum absolute atomic E-state index is 6.06. The molecule has 1 aliphatic rings. The van der Waals surface area contributed by atoms with Gasteiger partial charge in [-0.05, 0) is 25.0 Å². The summed E-state index contributed by atoms with van der Waals surface area (Å²) in [7, 11) is 0. The molecule has 0 unspecified atom stereocenters. The number of halogens is 1. The quantitative estimate of drug-likeness (QED) is 0.713. The van der Waals surface area contributed by atoms with Crippen LogP contribution in [0.2, 0.25) is 5.15 Å². The highest BCUT2D eigenvalue weighted by Gasteiger charge is 2.28. The molecule has 3 rings (SSSR count). The van der Waals surface area contributed by atoms with Crippen LogP contribution in [0.1, 0.15) is 24.5 Å². The third-order valence-electron chi connectivity index (χ3n) is 2.52. The highest BCUT2D eigenvalue weighted by Crippen LogP contribution is 2.41. The maximum Gasteiger partial charge on any atom is 0.151 e. The molecule has 3 heteroatoms. The van der Waals surface area contributed by atoms with E-state index in [1.54, 1.807) is 0 Å². The van der Waals surface area contributed by atoms with Crippen molar-refractivity contribution in [2.24, 2.45) is 0 Å². The molecule has 1 aromatic carbocycles. The summed E-state index contributed by atoms with van der Waals surface area (Å²) in [6.07, 6.45) is 2.40. The Morgan fingerprint density at radius 3 is 2.36 bits per heavy atom. The number of hydrogen-bond acceptors (Lipinski definition) is 2. The zero-order valence-electron chi connectivity index (χ0n) is 7.57. The van der Waals surface area contributed by atoms with Gasteiger partial charge in [-0.1, -0.05) is 23.7 Å². The van der Waals surface area contributed by atoms with Gasteiger partial charge < -0.3 is 0 Å². The van der Waals surface area contributed by atoms with E-state index in [0.717, 1.165) is 16.7 Å². The zero-order valence-corrected chi connectivity index (χ0v) is 8.33. The van der Waals surface area contributed by atoms with E-state index in [1.165, 1.54) is 12.8 Å². The summed E-state index contributed by atoms with van der Waals surface area (Å²) in [5, 5.41) is 0.575. The van der Waals surface area contributed by atoms with E-state index < -0.39 is 0 Å². The van der Waals surface area contributed by atoms with Crippen LogP contribution in [-0.4, -0.2) is 9.97 Å². The average molecular weight is 205 g/mol. The number of nitrogens with zero attached hydrogens (tertiary/aromatic N) is 2. The summed E-state index contributed by atoms with van der Waals surface area (Å²) >= 11 is 6.06. The average Bonchev–Trinajstić information content (AvgIpc) is 3.00. The van der Waals surface area contributed by atoms with Gasteiger partial charge >= 0.3 is 0 Å². The van der Waals surface area contributed by atoms with Crippen LogP contribution < -0.4 is 0 Å². The number of benzene rings is 1.